The smallest absolute Gasteiger partial charge is 0.413 e. The van der Waals surface area contributed by atoms with E-state index in [0.717, 1.165) is 4.88 Å². The lowest BCUT2D eigenvalue weighted by atomic mass is 10.1. The Morgan fingerprint density at radius 1 is 0.966 bits per heavy atom. The van der Waals surface area contributed by atoms with Gasteiger partial charge in [0.15, 0.2) is 5.78 Å². The summed E-state index contributed by atoms with van der Waals surface area (Å²) in [7, 11) is 2.88. The summed E-state index contributed by atoms with van der Waals surface area (Å²) in [4.78, 5) is 50.6. The number of methoxy groups -OCH3 is 1. The molecular weight excluding hydrogens is 392 g/mol. The number of ether oxygens (including phenoxy) is 1. The molecule has 0 unspecified atom stereocenters. The molecule has 1 heterocycles. The number of carbonyl (C=O) groups excluding carboxylic acids is 4. The fourth-order valence-electron chi connectivity index (χ4n) is 2.57. The van der Waals surface area contributed by atoms with Gasteiger partial charge in [0.05, 0.1) is 12.0 Å². The minimum absolute atomic E-state index is 0.0436. The van der Waals surface area contributed by atoms with Gasteiger partial charge in [-0.1, -0.05) is 0 Å². The maximum absolute atomic E-state index is 12.0. The van der Waals surface area contributed by atoms with Gasteiger partial charge in [-0.05, 0) is 43.3 Å². The van der Waals surface area contributed by atoms with Crippen molar-refractivity contribution in [2.45, 2.75) is 32.6 Å². The number of amides is 2. The number of hydrogen-bond donors (Lipinski definition) is 1. The van der Waals surface area contributed by atoms with Crippen molar-refractivity contribution in [3.05, 3.63) is 46.2 Å². The maximum atomic E-state index is 12.0. The molecule has 0 saturated carbocycles. The van der Waals surface area contributed by atoms with Gasteiger partial charge in [0.2, 0.25) is 5.91 Å². The topological polar surface area (TPSA) is 92.8 Å². The second kappa shape index (κ2) is 10.5. The fourth-order valence-corrected chi connectivity index (χ4v) is 3.41. The first-order valence-corrected chi connectivity index (χ1v) is 9.94. The molecule has 7 nitrogen and oxygen atoms in total. The summed E-state index contributed by atoms with van der Waals surface area (Å²) in [5.74, 6) is -0.442. The number of Topliss-reactive ketones (excluding diaryl/α,β-unsaturated/α-hetero) is 2. The van der Waals surface area contributed by atoms with E-state index in [0.29, 0.717) is 16.3 Å². The van der Waals surface area contributed by atoms with E-state index >= 15 is 0 Å². The van der Waals surface area contributed by atoms with Gasteiger partial charge in [-0.15, -0.1) is 11.3 Å². The van der Waals surface area contributed by atoms with Crippen molar-refractivity contribution in [2.24, 2.45) is 0 Å². The zero-order chi connectivity index (χ0) is 21.4. The van der Waals surface area contributed by atoms with E-state index in [4.69, 9.17) is 0 Å². The molecule has 0 fully saturated rings. The van der Waals surface area contributed by atoms with Crippen molar-refractivity contribution in [1.29, 1.82) is 0 Å². The first-order chi connectivity index (χ1) is 13.8. The molecule has 154 valence electrons. The Labute approximate surface area is 173 Å². The van der Waals surface area contributed by atoms with Crippen LogP contribution in [0.1, 0.15) is 40.2 Å². The fraction of sp³-hybridized carbons (Fsp3) is 0.333. The summed E-state index contributed by atoms with van der Waals surface area (Å²) in [6.07, 6.45) is -0.0542. The summed E-state index contributed by atoms with van der Waals surface area (Å²) >= 11 is 1.42. The number of aryl methyl sites for hydroxylation is 1. The number of carbonyl (C=O) groups is 4. The number of rotatable bonds is 9. The predicted octanol–water partition coefficient (Wildman–Crippen LogP) is 4.21. The van der Waals surface area contributed by atoms with Crippen molar-refractivity contribution in [1.82, 2.24) is 0 Å². The lowest BCUT2D eigenvalue weighted by molar-refractivity contribution is -0.122. The molecule has 0 bridgehead atoms. The normalized spacial score (nSPS) is 10.3. The number of thiophene rings is 1. The van der Waals surface area contributed by atoms with Crippen LogP contribution in [0, 0.1) is 6.92 Å². The van der Waals surface area contributed by atoms with E-state index < -0.39 is 6.09 Å². The van der Waals surface area contributed by atoms with E-state index in [2.05, 4.69) is 10.1 Å². The average molecular weight is 416 g/mol. The van der Waals surface area contributed by atoms with Crippen molar-refractivity contribution < 1.29 is 23.9 Å². The molecule has 0 saturated heterocycles. The molecule has 0 atom stereocenters. The predicted molar refractivity (Wildman–Crippen MR) is 113 cm³/mol. The number of ketones is 2. The van der Waals surface area contributed by atoms with Crippen LogP contribution < -0.4 is 10.2 Å². The Kier molecular flexibility index (Phi) is 8.09. The molecule has 0 aliphatic heterocycles. The number of benzene rings is 1. The third-order valence-corrected chi connectivity index (χ3v) is 5.31. The quantitative estimate of drug-likeness (QED) is 0.618. The van der Waals surface area contributed by atoms with Crippen molar-refractivity contribution in [3.8, 4) is 0 Å². The van der Waals surface area contributed by atoms with Crippen molar-refractivity contribution in [3.63, 3.8) is 0 Å². The minimum atomic E-state index is -0.493. The molecule has 1 aromatic heterocycles. The third-order valence-electron chi connectivity index (χ3n) is 4.26. The van der Waals surface area contributed by atoms with Crippen LogP contribution >= 0.6 is 11.3 Å². The van der Waals surface area contributed by atoms with E-state index in [1.165, 1.54) is 23.3 Å². The highest BCUT2D eigenvalue weighted by Crippen LogP contribution is 2.19. The summed E-state index contributed by atoms with van der Waals surface area (Å²) in [5, 5.41) is 2.71. The highest BCUT2D eigenvalue weighted by atomic mass is 32.1. The molecule has 29 heavy (non-hydrogen) atoms. The zero-order valence-corrected chi connectivity index (χ0v) is 17.5. The summed E-state index contributed by atoms with van der Waals surface area (Å²) < 4.78 is 4.64. The molecule has 0 aliphatic carbocycles. The van der Waals surface area contributed by atoms with Gasteiger partial charge >= 0.3 is 6.09 Å². The number of hydrogen-bond acceptors (Lipinski definition) is 6. The van der Waals surface area contributed by atoms with E-state index in [1.54, 1.807) is 37.4 Å². The van der Waals surface area contributed by atoms with Gasteiger partial charge in [-0.2, -0.15) is 0 Å². The lowest BCUT2D eigenvalue weighted by Crippen LogP contribution is -2.25. The van der Waals surface area contributed by atoms with E-state index in [1.807, 2.05) is 13.0 Å². The van der Waals surface area contributed by atoms with Gasteiger partial charge in [0, 0.05) is 49.0 Å². The van der Waals surface area contributed by atoms with Crippen LogP contribution in [0.3, 0.4) is 0 Å². The molecule has 2 aromatic rings. The van der Waals surface area contributed by atoms with Gasteiger partial charge < -0.3 is 10.1 Å². The third kappa shape index (κ3) is 6.83. The van der Waals surface area contributed by atoms with E-state index in [-0.39, 0.29) is 43.2 Å². The second-order valence-corrected chi connectivity index (χ2v) is 7.78. The van der Waals surface area contributed by atoms with Crippen LogP contribution in [0.25, 0.3) is 0 Å². The van der Waals surface area contributed by atoms with Gasteiger partial charge in [0.25, 0.3) is 0 Å². The molecular formula is C21H24N2O5S. The molecule has 1 aromatic carbocycles. The number of nitrogens with zero attached hydrogens (tertiary/aromatic N) is 1. The Balaban J connectivity index is 1.74. The van der Waals surface area contributed by atoms with Gasteiger partial charge in [-0.3, -0.25) is 19.3 Å². The highest BCUT2D eigenvalue weighted by molar-refractivity contribution is 7.14. The second-order valence-electron chi connectivity index (χ2n) is 6.50. The Morgan fingerprint density at radius 2 is 1.62 bits per heavy atom. The molecule has 2 rings (SSSR count). The molecule has 2 amide bonds. The molecule has 0 aliphatic rings. The maximum Gasteiger partial charge on any atom is 0.413 e. The molecule has 0 radical (unpaired) electrons. The molecule has 8 heteroatoms. The van der Waals surface area contributed by atoms with Crippen molar-refractivity contribution in [2.75, 3.05) is 24.4 Å². The summed E-state index contributed by atoms with van der Waals surface area (Å²) in [5.41, 5.74) is 1.18. The zero-order valence-electron chi connectivity index (χ0n) is 16.7. The van der Waals surface area contributed by atoms with Crippen LogP contribution in [0.2, 0.25) is 0 Å². The lowest BCUT2D eigenvalue weighted by Gasteiger charge is -2.15. The highest BCUT2D eigenvalue weighted by Gasteiger charge is 2.13. The average Bonchev–Trinajstić information content (AvgIpc) is 3.16. The van der Waals surface area contributed by atoms with Crippen LogP contribution in [-0.2, 0) is 14.3 Å². The molecule has 1 N–H and O–H groups in total. The Hall–Kier alpha value is -3.00. The van der Waals surface area contributed by atoms with Gasteiger partial charge in [0.1, 0.15) is 5.78 Å². The monoisotopic (exact) mass is 416 g/mol. The number of nitrogens with one attached hydrogen (secondary N) is 1. The number of anilines is 2. The van der Waals surface area contributed by atoms with Crippen LogP contribution in [-0.4, -0.2) is 37.7 Å². The largest absolute Gasteiger partial charge is 0.452 e. The SMILES string of the molecule is COC(=O)N(C)c1ccc(NC(=O)CCC(=O)CCC(=O)c2ccc(C)s2)cc1. The van der Waals surface area contributed by atoms with Crippen molar-refractivity contribution >= 4 is 46.3 Å². The summed E-state index contributed by atoms with van der Waals surface area (Å²) in [6.45, 7) is 1.93. The van der Waals surface area contributed by atoms with Gasteiger partial charge in [-0.25, -0.2) is 4.79 Å². The van der Waals surface area contributed by atoms with Crippen LogP contribution in [0.4, 0.5) is 16.2 Å². The van der Waals surface area contributed by atoms with E-state index in [9.17, 15) is 19.2 Å². The first kappa shape index (κ1) is 22.3. The Morgan fingerprint density at radius 3 is 2.21 bits per heavy atom. The Bertz CT molecular complexity index is 889. The van der Waals surface area contributed by atoms with Crippen LogP contribution in [0.5, 0.6) is 0 Å². The molecule has 0 spiro atoms. The minimum Gasteiger partial charge on any atom is -0.452 e. The standard InChI is InChI=1S/C21H24N2O5S/c1-14-4-12-19(29-14)18(25)11-9-17(24)10-13-20(26)22-15-5-7-16(8-6-15)23(2)21(27)28-3/h4-8,12H,9-11,13H2,1-3H3,(H,22,26). The van der Waals surface area contributed by atoms with Crippen LogP contribution in [0.15, 0.2) is 36.4 Å². The first-order valence-electron chi connectivity index (χ1n) is 9.13. The summed E-state index contributed by atoms with van der Waals surface area (Å²) in [6, 6.07) is 10.3.